The fourth-order valence-corrected chi connectivity index (χ4v) is 3.42. The number of likely N-dealkylation sites (tertiary alicyclic amines) is 2. The molecule has 0 bridgehead atoms. The van der Waals surface area contributed by atoms with Gasteiger partial charge in [-0.3, -0.25) is 14.5 Å². The van der Waals surface area contributed by atoms with Crippen LogP contribution in [-0.4, -0.2) is 57.9 Å². The maximum atomic E-state index is 13.7. The van der Waals surface area contributed by atoms with Gasteiger partial charge in [0, 0.05) is 20.1 Å². The van der Waals surface area contributed by atoms with Crippen molar-refractivity contribution in [1.29, 1.82) is 0 Å². The fourth-order valence-electron chi connectivity index (χ4n) is 3.42. The van der Waals surface area contributed by atoms with E-state index in [0.717, 1.165) is 4.90 Å². The number of nitrogens with zero attached hydrogens (tertiary/aromatic N) is 4. The van der Waals surface area contributed by atoms with E-state index in [1.807, 2.05) is 0 Å². The molecule has 1 aromatic carbocycles. The molecule has 10 heteroatoms. The third-order valence-corrected chi connectivity index (χ3v) is 4.88. The highest BCUT2D eigenvalue weighted by molar-refractivity contribution is 6.06. The molecular formula is C17H16FN5O4. The van der Waals surface area contributed by atoms with Crippen LogP contribution < -0.4 is 5.32 Å². The lowest BCUT2D eigenvalue weighted by Crippen LogP contribution is -2.41. The number of urea groups is 1. The number of hydrogen-bond acceptors (Lipinski definition) is 6. The number of fused-ring (bicyclic) bond motifs is 1. The Morgan fingerprint density at radius 2 is 1.93 bits per heavy atom. The summed E-state index contributed by atoms with van der Waals surface area (Å²) in [4.78, 5) is 42.9. The van der Waals surface area contributed by atoms with Crippen molar-refractivity contribution >= 4 is 17.8 Å². The smallest absolute Gasteiger partial charge is 0.317 e. The van der Waals surface area contributed by atoms with Crippen molar-refractivity contribution in [3.8, 4) is 11.4 Å². The van der Waals surface area contributed by atoms with Gasteiger partial charge in [0.1, 0.15) is 5.82 Å². The molecule has 2 saturated heterocycles. The minimum absolute atomic E-state index is 0.0477. The zero-order valence-corrected chi connectivity index (χ0v) is 14.4. The van der Waals surface area contributed by atoms with E-state index in [-0.39, 0.29) is 48.7 Å². The van der Waals surface area contributed by atoms with E-state index in [9.17, 15) is 18.8 Å². The first kappa shape index (κ1) is 17.1. The largest absolute Gasteiger partial charge is 0.337 e. The predicted molar refractivity (Wildman–Crippen MR) is 88.3 cm³/mol. The van der Waals surface area contributed by atoms with E-state index in [1.165, 1.54) is 24.1 Å². The number of aromatic nitrogens is 2. The van der Waals surface area contributed by atoms with Gasteiger partial charge >= 0.3 is 6.03 Å². The van der Waals surface area contributed by atoms with Gasteiger partial charge in [-0.15, -0.1) is 0 Å². The van der Waals surface area contributed by atoms with Gasteiger partial charge in [-0.2, -0.15) is 4.98 Å². The molecule has 4 amide bonds. The molecule has 2 aromatic rings. The summed E-state index contributed by atoms with van der Waals surface area (Å²) in [6.07, 6.45) is 0. The second-order valence-corrected chi connectivity index (χ2v) is 6.50. The molecular weight excluding hydrogens is 357 g/mol. The summed E-state index contributed by atoms with van der Waals surface area (Å²) in [5.74, 6) is -1.75. The summed E-state index contributed by atoms with van der Waals surface area (Å²) >= 11 is 0. The summed E-state index contributed by atoms with van der Waals surface area (Å²) < 4.78 is 18.8. The second kappa shape index (κ2) is 6.45. The van der Waals surface area contributed by atoms with Crippen molar-refractivity contribution < 1.29 is 23.3 Å². The molecule has 1 aromatic heterocycles. The zero-order valence-electron chi connectivity index (χ0n) is 14.4. The Kier molecular flexibility index (Phi) is 4.09. The Balaban J connectivity index is 1.36. The van der Waals surface area contributed by atoms with Crippen LogP contribution in [0.25, 0.3) is 11.4 Å². The Morgan fingerprint density at radius 3 is 2.59 bits per heavy atom. The summed E-state index contributed by atoms with van der Waals surface area (Å²) in [7, 11) is 1.45. The van der Waals surface area contributed by atoms with Crippen molar-refractivity contribution in [2.45, 2.75) is 6.54 Å². The minimum atomic E-state index is -0.482. The maximum Gasteiger partial charge on any atom is 0.317 e. The molecule has 0 saturated carbocycles. The monoisotopic (exact) mass is 373 g/mol. The summed E-state index contributed by atoms with van der Waals surface area (Å²) in [5, 5.41) is 6.32. The Labute approximate surface area is 153 Å². The van der Waals surface area contributed by atoms with Crippen molar-refractivity contribution in [2.75, 3.05) is 20.1 Å². The lowest BCUT2D eigenvalue weighted by Gasteiger charge is -2.18. The molecule has 0 unspecified atom stereocenters. The normalized spacial score (nSPS) is 21.7. The Bertz CT molecular complexity index is 906. The number of halogens is 1. The van der Waals surface area contributed by atoms with Gasteiger partial charge in [-0.1, -0.05) is 17.3 Å². The third-order valence-electron chi connectivity index (χ3n) is 4.88. The fraction of sp³-hybridized carbons (Fsp3) is 0.353. The molecule has 140 valence electrons. The highest BCUT2D eigenvalue weighted by Gasteiger charge is 2.51. The van der Waals surface area contributed by atoms with Crippen LogP contribution in [-0.2, 0) is 16.1 Å². The average Bonchev–Trinajstić information content (AvgIpc) is 3.35. The van der Waals surface area contributed by atoms with Gasteiger partial charge in [0.05, 0.1) is 23.9 Å². The topological polar surface area (TPSA) is 109 Å². The maximum absolute atomic E-state index is 13.7. The number of carbonyl (C=O) groups is 3. The molecule has 9 nitrogen and oxygen atoms in total. The SMILES string of the molecule is CN1C(=O)[C@H]2CN(C(=O)NCc3nc(-c4ccccc4F)no3)C[C@H]2C1=O. The van der Waals surface area contributed by atoms with Crippen LogP contribution in [0.15, 0.2) is 28.8 Å². The number of imide groups is 1. The highest BCUT2D eigenvalue weighted by atomic mass is 19.1. The van der Waals surface area contributed by atoms with E-state index in [0.29, 0.717) is 0 Å². The van der Waals surface area contributed by atoms with Crippen molar-refractivity contribution in [3.05, 3.63) is 36.0 Å². The lowest BCUT2D eigenvalue weighted by atomic mass is 10.00. The average molecular weight is 373 g/mol. The van der Waals surface area contributed by atoms with Gasteiger partial charge in [0.25, 0.3) is 0 Å². The van der Waals surface area contributed by atoms with Gasteiger partial charge < -0.3 is 14.7 Å². The molecule has 0 spiro atoms. The van der Waals surface area contributed by atoms with Gasteiger partial charge in [0.15, 0.2) is 0 Å². The molecule has 3 heterocycles. The first-order valence-electron chi connectivity index (χ1n) is 8.37. The summed E-state index contributed by atoms with van der Waals surface area (Å²) in [5.41, 5.74) is 0.201. The Morgan fingerprint density at radius 1 is 1.26 bits per heavy atom. The first-order valence-corrected chi connectivity index (χ1v) is 8.37. The van der Waals surface area contributed by atoms with Crippen LogP contribution in [0.2, 0.25) is 0 Å². The van der Waals surface area contributed by atoms with Crippen LogP contribution in [0.1, 0.15) is 5.89 Å². The zero-order chi connectivity index (χ0) is 19.1. The quantitative estimate of drug-likeness (QED) is 0.791. The number of nitrogens with one attached hydrogen (secondary N) is 1. The molecule has 2 fully saturated rings. The van der Waals surface area contributed by atoms with Gasteiger partial charge in [-0.05, 0) is 12.1 Å². The van der Waals surface area contributed by atoms with Crippen molar-refractivity contribution in [3.63, 3.8) is 0 Å². The molecule has 4 rings (SSSR count). The number of amides is 4. The number of benzene rings is 1. The molecule has 0 aliphatic carbocycles. The molecule has 27 heavy (non-hydrogen) atoms. The van der Waals surface area contributed by atoms with E-state index in [4.69, 9.17) is 4.52 Å². The van der Waals surface area contributed by atoms with Gasteiger partial charge in [0.2, 0.25) is 23.5 Å². The predicted octanol–water partition coefficient (Wildman–Crippen LogP) is 0.632. The van der Waals surface area contributed by atoms with E-state index in [2.05, 4.69) is 15.5 Å². The summed E-state index contributed by atoms with van der Waals surface area (Å²) in [6, 6.07) is 5.59. The highest BCUT2D eigenvalue weighted by Crippen LogP contribution is 2.32. The van der Waals surface area contributed by atoms with E-state index in [1.54, 1.807) is 12.1 Å². The van der Waals surface area contributed by atoms with Crippen LogP contribution >= 0.6 is 0 Å². The number of carbonyl (C=O) groups excluding carboxylic acids is 3. The number of rotatable bonds is 3. The van der Waals surface area contributed by atoms with Crippen LogP contribution in [0, 0.1) is 17.7 Å². The van der Waals surface area contributed by atoms with Crippen LogP contribution in [0.4, 0.5) is 9.18 Å². The summed E-state index contributed by atoms with van der Waals surface area (Å²) in [6.45, 7) is 0.333. The van der Waals surface area contributed by atoms with Crippen molar-refractivity contribution in [2.24, 2.45) is 11.8 Å². The van der Waals surface area contributed by atoms with Crippen LogP contribution in [0.3, 0.4) is 0 Å². The second-order valence-electron chi connectivity index (χ2n) is 6.50. The molecule has 0 radical (unpaired) electrons. The minimum Gasteiger partial charge on any atom is -0.337 e. The van der Waals surface area contributed by atoms with Crippen LogP contribution in [0.5, 0.6) is 0 Å². The molecule has 1 N–H and O–H groups in total. The molecule has 2 aliphatic rings. The standard InChI is InChI=1S/C17H16FN5O4/c1-22-15(24)10-7-23(8-11(10)16(22)25)17(26)19-6-13-20-14(21-27-13)9-4-2-3-5-12(9)18/h2-5,10-11H,6-8H2,1H3,(H,19,26)/t10-,11+. The van der Waals surface area contributed by atoms with E-state index < -0.39 is 23.7 Å². The third kappa shape index (κ3) is 2.92. The molecule has 2 aliphatic heterocycles. The van der Waals surface area contributed by atoms with E-state index >= 15 is 0 Å². The Hall–Kier alpha value is -3.30. The molecule has 2 atom stereocenters. The number of hydrogen-bond donors (Lipinski definition) is 1. The first-order chi connectivity index (χ1) is 13.0. The lowest BCUT2D eigenvalue weighted by molar-refractivity contribution is -0.138. The van der Waals surface area contributed by atoms with Gasteiger partial charge in [-0.25, -0.2) is 9.18 Å². The van der Waals surface area contributed by atoms with Crippen molar-refractivity contribution in [1.82, 2.24) is 25.3 Å².